The normalized spacial score (nSPS) is 35.2. The first kappa shape index (κ1) is 31.1. The highest BCUT2D eigenvalue weighted by Gasteiger charge is 2.81. The van der Waals surface area contributed by atoms with Crippen LogP contribution in [0.15, 0.2) is 53.6 Å². The second-order valence-corrected chi connectivity index (χ2v) is 14.0. The summed E-state index contributed by atoms with van der Waals surface area (Å²) in [5, 5.41) is 33.8. The lowest BCUT2D eigenvalue weighted by molar-refractivity contribution is -0.173. The number of ether oxygens (including phenoxy) is 1. The molecule has 4 aliphatic rings. The number of hydrogen-bond donors (Lipinski definition) is 4. The van der Waals surface area contributed by atoms with Gasteiger partial charge in [-0.05, 0) is 55.7 Å². The van der Waals surface area contributed by atoms with Crippen molar-refractivity contribution in [2.75, 3.05) is 6.61 Å². The first-order chi connectivity index (χ1) is 19.9. The molecule has 7 heteroatoms. The van der Waals surface area contributed by atoms with Gasteiger partial charge >= 0.3 is 5.97 Å². The van der Waals surface area contributed by atoms with E-state index >= 15 is 0 Å². The topological polar surface area (TPSA) is 130 Å². The van der Waals surface area contributed by atoms with Crippen LogP contribution in [0.25, 0.3) is 0 Å². The molecule has 7 nitrogen and oxygen atoms in total. The summed E-state index contributed by atoms with van der Waals surface area (Å²) in [6, 6.07) is 9.86. The van der Waals surface area contributed by atoms with Crippen molar-refractivity contribution in [1.82, 2.24) is 0 Å². The Labute approximate surface area is 250 Å². The second kappa shape index (κ2) is 11.6. The van der Waals surface area contributed by atoms with E-state index in [-0.39, 0.29) is 25.4 Å². The van der Waals surface area contributed by atoms with E-state index in [9.17, 15) is 24.9 Å². The number of carbonyl (C=O) groups is 2. The maximum Gasteiger partial charge on any atom is 0.323 e. The zero-order valence-electron chi connectivity index (χ0n) is 25.5. The standard InChI is InChI=1S/C35H49NO6/c1-23-19-28-33(40)17-18-35(29(32(35,2)3)26(33)20-25(22-37)21-34(28,41)30(23)38)42-31(39)27(36)16-12-7-5-4-6-9-13-24-14-10-8-11-15-24/h8,10-11,14-15,19-20,26-29,37,40-41H,4-7,9,12-13,16-18,21-22,36H2,1-3H3/t26-,27-,28-,29+,33+,34+,35-/m0/s1. The number of esters is 1. The van der Waals surface area contributed by atoms with Crippen molar-refractivity contribution in [1.29, 1.82) is 0 Å². The van der Waals surface area contributed by atoms with Crippen LogP contribution in [0.2, 0.25) is 0 Å². The van der Waals surface area contributed by atoms with Gasteiger partial charge in [-0.15, -0.1) is 0 Å². The lowest BCUT2D eigenvalue weighted by Crippen LogP contribution is -2.57. The number of fused-ring (bicyclic) bond motifs is 5. The average Bonchev–Trinajstić information content (AvgIpc) is 3.39. The van der Waals surface area contributed by atoms with Gasteiger partial charge in [-0.2, -0.15) is 0 Å². The van der Waals surface area contributed by atoms with Crippen molar-refractivity contribution >= 4 is 11.8 Å². The molecule has 0 bridgehead atoms. The number of benzene rings is 1. The van der Waals surface area contributed by atoms with Crippen LogP contribution < -0.4 is 5.73 Å². The number of ketones is 1. The lowest BCUT2D eigenvalue weighted by atomic mass is 9.64. The third-order valence-electron chi connectivity index (χ3n) is 11.1. The molecule has 230 valence electrons. The summed E-state index contributed by atoms with van der Waals surface area (Å²) in [4.78, 5) is 26.3. The Kier molecular flexibility index (Phi) is 8.63. The number of nitrogens with two attached hydrogens (primary N) is 1. The SMILES string of the molecule is CC1=C[C@H]2[C@@]3(O)CC[C@]4(OC(=O)[C@@H](N)CCCCCCCCc5ccccc5)[C@H]([C@@H]3C=C(CO)C[C@]2(O)C1=O)C4(C)C. The molecule has 7 atom stereocenters. The zero-order chi connectivity index (χ0) is 30.3. The van der Waals surface area contributed by atoms with Gasteiger partial charge in [0, 0.05) is 29.6 Å². The molecule has 42 heavy (non-hydrogen) atoms. The Morgan fingerprint density at radius 3 is 2.38 bits per heavy atom. The Balaban J connectivity index is 1.16. The number of unbranched alkanes of at least 4 members (excludes halogenated alkanes) is 5. The Bertz CT molecular complexity index is 1240. The van der Waals surface area contributed by atoms with Gasteiger partial charge in [0.1, 0.15) is 17.2 Å². The molecule has 0 aromatic heterocycles. The fourth-order valence-electron chi connectivity index (χ4n) is 8.64. The molecule has 0 amide bonds. The number of carbonyl (C=O) groups excluding carboxylic acids is 2. The van der Waals surface area contributed by atoms with E-state index < -0.39 is 51.8 Å². The third-order valence-corrected chi connectivity index (χ3v) is 11.1. The average molecular weight is 580 g/mol. The number of rotatable bonds is 12. The molecule has 5 N–H and O–H groups in total. The number of Topliss-reactive ketones (excluding diaryl/α,β-unsaturated/α-hetero) is 1. The Hall–Kier alpha value is -2.32. The smallest absolute Gasteiger partial charge is 0.323 e. The van der Waals surface area contributed by atoms with Gasteiger partial charge in [0.05, 0.1) is 12.2 Å². The second-order valence-electron chi connectivity index (χ2n) is 14.0. The van der Waals surface area contributed by atoms with Crippen molar-refractivity contribution in [3.05, 3.63) is 59.2 Å². The number of aliphatic hydroxyl groups excluding tert-OH is 1. The van der Waals surface area contributed by atoms with Crippen molar-refractivity contribution in [2.45, 2.75) is 114 Å². The molecule has 0 radical (unpaired) electrons. The van der Waals surface area contributed by atoms with Crippen molar-refractivity contribution in [2.24, 2.45) is 28.9 Å². The third kappa shape index (κ3) is 5.21. The van der Waals surface area contributed by atoms with E-state index in [1.165, 1.54) is 24.8 Å². The summed E-state index contributed by atoms with van der Waals surface area (Å²) in [5.74, 6) is -2.28. The first-order valence-corrected chi connectivity index (χ1v) is 15.9. The maximum absolute atomic E-state index is 13.3. The molecule has 2 saturated carbocycles. The molecule has 2 fully saturated rings. The van der Waals surface area contributed by atoms with Crippen LogP contribution >= 0.6 is 0 Å². The fourth-order valence-corrected chi connectivity index (χ4v) is 8.64. The minimum Gasteiger partial charge on any atom is -0.457 e. The summed E-state index contributed by atoms with van der Waals surface area (Å²) in [7, 11) is 0. The lowest BCUT2D eigenvalue weighted by Gasteiger charge is -2.46. The van der Waals surface area contributed by atoms with Gasteiger partial charge in [-0.3, -0.25) is 9.59 Å². The summed E-state index contributed by atoms with van der Waals surface area (Å²) in [5.41, 5.74) is 4.29. The van der Waals surface area contributed by atoms with Gasteiger partial charge in [0.25, 0.3) is 0 Å². The van der Waals surface area contributed by atoms with Crippen molar-refractivity contribution < 1.29 is 29.6 Å². The Morgan fingerprint density at radius 1 is 1.02 bits per heavy atom. The molecule has 4 aliphatic carbocycles. The van der Waals surface area contributed by atoms with Crippen LogP contribution in [0.1, 0.15) is 90.5 Å². The largest absolute Gasteiger partial charge is 0.457 e. The van der Waals surface area contributed by atoms with Crippen LogP contribution in [0.5, 0.6) is 0 Å². The van der Waals surface area contributed by atoms with Gasteiger partial charge in [-0.1, -0.05) is 88.4 Å². The summed E-state index contributed by atoms with van der Waals surface area (Å²) in [6.07, 6.45) is 12.5. The molecule has 0 unspecified atom stereocenters. The molecule has 0 aliphatic heterocycles. The molecule has 1 aromatic rings. The molecule has 1 aromatic carbocycles. The van der Waals surface area contributed by atoms with E-state index in [2.05, 4.69) is 24.3 Å². The zero-order valence-corrected chi connectivity index (χ0v) is 25.5. The predicted molar refractivity (Wildman–Crippen MR) is 161 cm³/mol. The van der Waals surface area contributed by atoms with Crippen LogP contribution in [-0.4, -0.2) is 56.5 Å². The van der Waals surface area contributed by atoms with Gasteiger partial charge in [-0.25, -0.2) is 0 Å². The summed E-state index contributed by atoms with van der Waals surface area (Å²) >= 11 is 0. The summed E-state index contributed by atoms with van der Waals surface area (Å²) in [6.45, 7) is 5.44. The quantitative estimate of drug-likeness (QED) is 0.162. The fraction of sp³-hybridized carbons (Fsp3) is 0.657. The highest BCUT2D eigenvalue weighted by Crippen LogP contribution is 2.75. The highest BCUT2D eigenvalue weighted by atomic mass is 16.6. The predicted octanol–water partition coefficient (Wildman–Crippen LogP) is 4.56. The number of aliphatic hydroxyl groups is 3. The monoisotopic (exact) mass is 579 g/mol. The highest BCUT2D eigenvalue weighted by molar-refractivity contribution is 6.04. The Morgan fingerprint density at radius 2 is 1.69 bits per heavy atom. The molecule has 5 rings (SSSR count). The first-order valence-electron chi connectivity index (χ1n) is 15.9. The van der Waals surface area contributed by atoms with E-state index in [4.69, 9.17) is 10.5 Å². The van der Waals surface area contributed by atoms with Gasteiger partial charge < -0.3 is 25.8 Å². The van der Waals surface area contributed by atoms with Crippen molar-refractivity contribution in [3.8, 4) is 0 Å². The number of hydrogen-bond acceptors (Lipinski definition) is 7. The molecular weight excluding hydrogens is 530 g/mol. The van der Waals surface area contributed by atoms with E-state index in [0.717, 1.165) is 25.7 Å². The van der Waals surface area contributed by atoms with Gasteiger partial charge in [0.2, 0.25) is 0 Å². The molecule has 0 spiro atoms. The molecule has 0 heterocycles. The van der Waals surface area contributed by atoms with Crippen molar-refractivity contribution in [3.63, 3.8) is 0 Å². The van der Waals surface area contributed by atoms with E-state index in [1.807, 2.05) is 26.0 Å². The van der Waals surface area contributed by atoms with Crippen LogP contribution in [0, 0.1) is 23.2 Å². The van der Waals surface area contributed by atoms with Crippen LogP contribution in [0.4, 0.5) is 0 Å². The van der Waals surface area contributed by atoms with Crippen LogP contribution in [-0.2, 0) is 20.7 Å². The maximum atomic E-state index is 13.3. The van der Waals surface area contributed by atoms with E-state index in [0.29, 0.717) is 24.0 Å². The number of aryl methyl sites for hydroxylation is 1. The van der Waals surface area contributed by atoms with Gasteiger partial charge in [0.15, 0.2) is 5.78 Å². The summed E-state index contributed by atoms with van der Waals surface area (Å²) < 4.78 is 6.25. The minimum atomic E-state index is -1.78. The van der Waals surface area contributed by atoms with E-state index in [1.54, 1.807) is 13.0 Å². The molecular formula is C35H49NO6. The van der Waals surface area contributed by atoms with Crippen LogP contribution in [0.3, 0.4) is 0 Å². The minimum absolute atomic E-state index is 0.0164. The molecule has 0 saturated heterocycles.